The van der Waals surface area contributed by atoms with Gasteiger partial charge in [-0.1, -0.05) is 0 Å². The van der Waals surface area contributed by atoms with Crippen molar-refractivity contribution in [1.29, 1.82) is 0 Å². The first kappa shape index (κ1) is 32.9. The van der Waals surface area contributed by atoms with E-state index >= 15 is 0 Å². The Morgan fingerprint density at radius 2 is 1.18 bits per heavy atom. The van der Waals surface area contributed by atoms with Crippen LogP contribution in [-0.4, -0.2) is 170 Å². The van der Waals surface area contributed by atoms with E-state index in [-0.39, 0.29) is 0 Å². The molecule has 40 heavy (non-hydrogen) atoms. The molecule has 18 nitrogen and oxygen atoms in total. The van der Waals surface area contributed by atoms with E-state index < -0.39 is 124 Å². The van der Waals surface area contributed by atoms with Gasteiger partial charge in [0.2, 0.25) is 11.8 Å². The molecular formula is C22H38N2O16. The normalized spacial score (nSPS) is 46.0. The molecule has 3 aliphatic heterocycles. The van der Waals surface area contributed by atoms with Gasteiger partial charge in [-0.05, 0) is 0 Å². The number of hydrogen-bond donors (Lipinski definition) is 11. The average molecular weight is 587 g/mol. The number of ether oxygens (including phenoxy) is 5. The van der Waals surface area contributed by atoms with Crippen molar-refractivity contribution in [2.75, 3.05) is 19.8 Å². The number of carbonyl (C=O) groups excluding carboxylic acids is 2. The Labute approximate surface area is 228 Å². The highest BCUT2D eigenvalue weighted by Crippen LogP contribution is 2.30. The summed E-state index contributed by atoms with van der Waals surface area (Å²) in [7, 11) is 0. The van der Waals surface area contributed by atoms with Crippen molar-refractivity contribution >= 4 is 11.8 Å². The molecule has 0 aromatic rings. The van der Waals surface area contributed by atoms with Gasteiger partial charge in [0, 0.05) is 13.8 Å². The Morgan fingerprint density at radius 3 is 1.73 bits per heavy atom. The van der Waals surface area contributed by atoms with E-state index in [4.69, 9.17) is 23.7 Å². The molecule has 3 saturated heterocycles. The van der Waals surface area contributed by atoms with Crippen molar-refractivity contribution < 1.29 is 79.2 Å². The SMILES string of the molecule is CC(=O)N[C@@H]1[C@@H](O[C@@H]2O[C@H](CO)[C@H](O)[C@H](O)[C@H]2O)[C@@H](O)[C@@H](CO[C@@H]2O[C@H](CO)[C@@H](O)[C@H](O)[C@H]2NC(C)=O)O[C@@H]1O. The summed E-state index contributed by atoms with van der Waals surface area (Å²) >= 11 is 0. The van der Waals surface area contributed by atoms with Crippen LogP contribution in [0.1, 0.15) is 13.8 Å². The molecule has 3 heterocycles. The molecule has 0 bridgehead atoms. The van der Waals surface area contributed by atoms with E-state index in [9.17, 15) is 55.5 Å². The summed E-state index contributed by atoms with van der Waals surface area (Å²) in [6.07, 6.45) is -21.0. The van der Waals surface area contributed by atoms with Gasteiger partial charge in [0.1, 0.15) is 73.1 Å². The maximum atomic E-state index is 11.8. The summed E-state index contributed by atoms with van der Waals surface area (Å²) in [4.78, 5) is 23.4. The summed E-state index contributed by atoms with van der Waals surface area (Å²) in [5, 5.41) is 96.3. The highest BCUT2D eigenvalue weighted by Gasteiger charge is 2.52. The van der Waals surface area contributed by atoms with Crippen LogP contribution in [0.2, 0.25) is 0 Å². The first-order valence-corrected chi connectivity index (χ1v) is 12.6. The van der Waals surface area contributed by atoms with Crippen LogP contribution in [0.3, 0.4) is 0 Å². The minimum absolute atomic E-state index is 0.596. The molecule has 2 amide bonds. The van der Waals surface area contributed by atoms with Crippen molar-refractivity contribution in [3.05, 3.63) is 0 Å². The lowest BCUT2D eigenvalue weighted by atomic mass is 9.95. The van der Waals surface area contributed by atoms with E-state index in [1.165, 1.54) is 0 Å². The van der Waals surface area contributed by atoms with Crippen molar-refractivity contribution in [3.8, 4) is 0 Å². The van der Waals surface area contributed by atoms with Crippen LogP contribution in [0.5, 0.6) is 0 Å². The van der Waals surface area contributed by atoms with E-state index in [1.807, 2.05) is 0 Å². The van der Waals surface area contributed by atoms with Crippen LogP contribution in [-0.2, 0) is 33.3 Å². The zero-order chi connectivity index (χ0) is 29.9. The van der Waals surface area contributed by atoms with Crippen LogP contribution in [0.15, 0.2) is 0 Å². The number of aliphatic hydroxyl groups is 9. The lowest BCUT2D eigenvalue weighted by Gasteiger charge is -2.47. The van der Waals surface area contributed by atoms with Gasteiger partial charge in [0.15, 0.2) is 18.9 Å². The number of amides is 2. The molecular weight excluding hydrogens is 548 g/mol. The lowest BCUT2D eigenvalue weighted by molar-refractivity contribution is -0.345. The maximum absolute atomic E-state index is 11.8. The third-order valence-corrected chi connectivity index (χ3v) is 6.88. The molecule has 232 valence electrons. The zero-order valence-corrected chi connectivity index (χ0v) is 21.7. The van der Waals surface area contributed by atoms with Gasteiger partial charge >= 0.3 is 0 Å². The van der Waals surface area contributed by atoms with Gasteiger partial charge in [-0.3, -0.25) is 9.59 Å². The molecule has 0 saturated carbocycles. The van der Waals surface area contributed by atoms with Crippen LogP contribution < -0.4 is 10.6 Å². The molecule has 0 radical (unpaired) electrons. The Balaban J connectivity index is 1.78. The Hall–Kier alpha value is -1.62. The fourth-order valence-corrected chi connectivity index (χ4v) is 4.76. The van der Waals surface area contributed by atoms with Gasteiger partial charge in [-0.15, -0.1) is 0 Å². The Morgan fingerprint density at radius 1 is 0.650 bits per heavy atom. The predicted octanol–water partition coefficient (Wildman–Crippen LogP) is -7.29. The number of rotatable bonds is 9. The van der Waals surface area contributed by atoms with E-state index in [0.717, 1.165) is 13.8 Å². The van der Waals surface area contributed by atoms with Crippen molar-refractivity contribution in [1.82, 2.24) is 10.6 Å². The van der Waals surface area contributed by atoms with Gasteiger partial charge in [0.25, 0.3) is 0 Å². The average Bonchev–Trinajstić information content (AvgIpc) is 2.90. The fraction of sp³-hybridized carbons (Fsp3) is 0.909. The van der Waals surface area contributed by atoms with Gasteiger partial charge in [-0.2, -0.15) is 0 Å². The molecule has 0 aliphatic carbocycles. The second-order valence-electron chi connectivity index (χ2n) is 9.85. The second-order valence-corrected chi connectivity index (χ2v) is 9.85. The van der Waals surface area contributed by atoms with Crippen LogP contribution in [0.25, 0.3) is 0 Å². The molecule has 18 heteroatoms. The monoisotopic (exact) mass is 586 g/mol. The van der Waals surface area contributed by atoms with Crippen molar-refractivity contribution in [2.24, 2.45) is 0 Å². The van der Waals surface area contributed by atoms with E-state index in [1.54, 1.807) is 0 Å². The summed E-state index contributed by atoms with van der Waals surface area (Å²) in [6.45, 7) is 0.184. The molecule has 0 spiro atoms. The predicted molar refractivity (Wildman–Crippen MR) is 124 cm³/mol. The van der Waals surface area contributed by atoms with Crippen molar-refractivity contribution in [2.45, 2.75) is 106 Å². The fourth-order valence-electron chi connectivity index (χ4n) is 4.76. The minimum atomic E-state index is -1.87. The number of hydrogen-bond acceptors (Lipinski definition) is 16. The first-order valence-electron chi connectivity index (χ1n) is 12.6. The van der Waals surface area contributed by atoms with Gasteiger partial charge in [-0.25, -0.2) is 0 Å². The standard InChI is InChI=1S/C22H38N2O16/c1-6(27)23-11-16(32)13(29)8(3-25)38-21(11)36-5-10-15(31)19(12(20(35)37-10)24-7(2)28)40-22-18(34)17(33)14(30)9(4-26)39-22/h8-22,25-26,29-35H,3-5H2,1-2H3,(H,23,27)(H,24,28)/t8-,9-,10-,11-,12-,13-,14+,15+,16-,17+,18-,19-,20+,21-,22+/m1/s1. The topological polar surface area (TPSA) is 286 Å². The van der Waals surface area contributed by atoms with Crippen LogP contribution in [0.4, 0.5) is 0 Å². The summed E-state index contributed by atoms with van der Waals surface area (Å²) < 4.78 is 27.4. The molecule has 0 unspecified atom stereocenters. The maximum Gasteiger partial charge on any atom is 0.217 e. The molecule has 3 fully saturated rings. The minimum Gasteiger partial charge on any atom is -0.394 e. The summed E-state index contributed by atoms with van der Waals surface area (Å²) in [6, 6.07) is -2.75. The second kappa shape index (κ2) is 14.0. The van der Waals surface area contributed by atoms with E-state index in [2.05, 4.69) is 10.6 Å². The van der Waals surface area contributed by atoms with E-state index in [0.29, 0.717) is 0 Å². The quantitative estimate of drug-likeness (QED) is 0.120. The molecule has 11 N–H and O–H groups in total. The summed E-state index contributed by atoms with van der Waals surface area (Å²) in [5.74, 6) is -1.26. The number of aliphatic hydroxyl groups excluding tert-OH is 9. The third kappa shape index (κ3) is 7.23. The zero-order valence-electron chi connectivity index (χ0n) is 21.7. The highest BCUT2D eigenvalue weighted by molar-refractivity contribution is 5.73. The highest BCUT2D eigenvalue weighted by atomic mass is 16.7. The van der Waals surface area contributed by atoms with Crippen molar-refractivity contribution in [3.63, 3.8) is 0 Å². The molecule has 0 aromatic heterocycles. The third-order valence-electron chi connectivity index (χ3n) is 6.88. The summed E-state index contributed by atoms with van der Waals surface area (Å²) in [5.41, 5.74) is 0. The largest absolute Gasteiger partial charge is 0.394 e. The van der Waals surface area contributed by atoms with Crippen LogP contribution >= 0.6 is 0 Å². The van der Waals surface area contributed by atoms with Gasteiger partial charge < -0.3 is 80.3 Å². The van der Waals surface area contributed by atoms with Crippen LogP contribution in [0, 0.1) is 0 Å². The molecule has 3 rings (SSSR count). The van der Waals surface area contributed by atoms with Gasteiger partial charge in [0.05, 0.1) is 19.8 Å². The first-order chi connectivity index (χ1) is 18.8. The number of nitrogens with one attached hydrogen (secondary N) is 2. The molecule has 15 atom stereocenters. The Bertz CT molecular complexity index is 852. The molecule has 0 aromatic carbocycles. The Kier molecular flexibility index (Phi) is 11.5. The lowest BCUT2D eigenvalue weighted by Crippen LogP contribution is -2.68. The molecule has 3 aliphatic rings. The number of carbonyl (C=O) groups is 2. The smallest absolute Gasteiger partial charge is 0.217 e.